The van der Waals surface area contributed by atoms with E-state index in [0.29, 0.717) is 0 Å². The molecule has 1 aromatic rings. The minimum Gasteiger partial charge on any atom is -0.476 e. The van der Waals surface area contributed by atoms with E-state index in [1.165, 1.54) is 31.2 Å². The van der Waals surface area contributed by atoms with Gasteiger partial charge in [0.1, 0.15) is 11.4 Å². The smallest absolute Gasteiger partial charge is 0.433 e. The maximum Gasteiger partial charge on any atom is 0.433 e. The monoisotopic (exact) mass is 328 g/mol. The van der Waals surface area contributed by atoms with Crippen molar-refractivity contribution in [3.05, 3.63) is 47.7 Å². The minimum atomic E-state index is -4.60. The molecule has 1 aromatic carbocycles. The summed E-state index contributed by atoms with van der Waals surface area (Å²) in [5, 5.41) is 0. The summed E-state index contributed by atoms with van der Waals surface area (Å²) in [6.07, 6.45) is -3.61. The zero-order valence-electron chi connectivity index (χ0n) is 13.4. The molecule has 2 rings (SSSR count). The SMILES string of the molecule is C[C@H]1/C(=C/C(=O)OC(C)(C)C)OC1(c1ccccc1)C(F)(F)F. The van der Waals surface area contributed by atoms with Gasteiger partial charge in [-0.05, 0) is 20.8 Å². The number of benzene rings is 1. The lowest BCUT2D eigenvalue weighted by Crippen LogP contribution is -2.58. The van der Waals surface area contributed by atoms with Gasteiger partial charge < -0.3 is 9.47 Å². The first-order valence-corrected chi connectivity index (χ1v) is 7.23. The van der Waals surface area contributed by atoms with E-state index in [2.05, 4.69) is 0 Å². The molecule has 1 aliphatic heterocycles. The number of ether oxygens (including phenoxy) is 2. The number of hydrogen-bond acceptors (Lipinski definition) is 3. The van der Waals surface area contributed by atoms with Crippen LogP contribution in [-0.4, -0.2) is 17.7 Å². The van der Waals surface area contributed by atoms with E-state index < -0.39 is 29.3 Å². The molecule has 1 fully saturated rings. The third kappa shape index (κ3) is 3.21. The van der Waals surface area contributed by atoms with E-state index in [0.717, 1.165) is 6.08 Å². The zero-order chi connectivity index (χ0) is 17.5. The molecule has 0 aromatic heterocycles. The van der Waals surface area contributed by atoms with Crippen molar-refractivity contribution >= 4 is 5.97 Å². The molecule has 0 aliphatic carbocycles. The molecule has 1 saturated heterocycles. The van der Waals surface area contributed by atoms with Gasteiger partial charge in [0.15, 0.2) is 0 Å². The Kier molecular flexibility index (Phi) is 4.22. The zero-order valence-corrected chi connectivity index (χ0v) is 13.4. The predicted octanol–water partition coefficient (Wildman–Crippen LogP) is 4.34. The van der Waals surface area contributed by atoms with Gasteiger partial charge in [-0.2, -0.15) is 13.2 Å². The first-order chi connectivity index (χ1) is 10.5. The lowest BCUT2D eigenvalue weighted by molar-refractivity contribution is -0.332. The number of carbonyl (C=O) groups excluding carboxylic acids is 1. The molecule has 126 valence electrons. The van der Waals surface area contributed by atoms with Crippen LogP contribution in [0.3, 0.4) is 0 Å². The van der Waals surface area contributed by atoms with Crippen LogP contribution < -0.4 is 0 Å². The van der Waals surface area contributed by atoms with Crippen LogP contribution in [-0.2, 0) is 19.9 Å². The summed E-state index contributed by atoms with van der Waals surface area (Å²) in [6, 6.07) is 7.42. The van der Waals surface area contributed by atoms with Crippen LogP contribution in [0.2, 0.25) is 0 Å². The molecule has 0 bridgehead atoms. The number of alkyl halides is 3. The van der Waals surface area contributed by atoms with E-state index in [-0.39, 0.29) is 11.3 Å². The van der Waals surface area contributed by atoms with Crippen molar-refractivity contribution < 1.29 is 27.4 Å². The van der Waals surface area contributed by atoms with Crippen molar-refractivity contribution in [3.63, 3.8) is 0 Å². The molecule has 1 heterocycles. The molecule has 2 atom stereocenters. The van der Waals surface area contributed by atoms with Crippen LogP contribution in [0.5, 0.6) is 0 Å². The second kappa shape index (κ2) is 5.58. The van der Waals surface area contributed by atoms with Crippen molar-refractivity contribution in [1.82, 2.24) is 0 Å². The van der Waals surface area contributed by atoms with Crippen molar-refractivity contribution in [3.8, 4) is 0 Å². The largest absolute Gasteiger partial charge is 0.476 e. The predicted molar refractivity (Wildman–Crippen MR) is 78.4 cm³/mol. The van der Waals surface area contributed by atoms with Crippen LogP contribution in [0, 0.1) is 5.92 Å². The maximum atomic E-state index is 13.6. The average Bonchev–Trinajstić information content (AvgIpc) is 2.40. The van der Waals surface area contributed by atoms with Crippen LogP contribution in [0.25, 0.3) is 0 Å². The standard InChI is InChI=1S/C17H19F3O3/c1-11-13(10-14(21)23-15(2,3)4)22-16(11,17(18,19)20)12-8-6-5-7-9-12/h5-11H,1-4H3/b13-10-/t11-,16?/m0/s1. The molecule has 0 N–H and O–H groups in total. The van der Waals surface area contributed by atoms with E-state index in [1.807, 2.05) is 0 Å². The molecule has 3 nitrogen and oxygen atoms in total. The Bertz CT molecular complexity index is 614. The first-order valence-electron chi connectivity index (χ1n) is 7.23. The molecule has 1 unspecified atom stereocenters. The average molecular weight is 328 g/mol. The molecule has 1 aliphatic rings. The summed E-state index contributed by atoms with van der Waals surface area (Å²) >= 11 is 0. The van der Waals surface area contributed by atoms with Crippen LogP contribution in [0.15, 0.2) is 42.2 Å². The highest BCUT2D eigenvalue weighted by atomic mass is 19.4. The second-order valence-corrected chi connectivity index (χ2v) is 6.50. The highest BCUT2D eigenvalue weighted by Crippen LogP contribution is 2.58. The fourth-order valence-electron chi connectivity index (χ4n) is 2.57. The summed E-state index contributed by atoms with van der Waals surface area (Å²) < 4.78 is 51.0. The Morgan fingerprint density at radius 1 is 1.22 bits per heavy atom. The first kappa shape index (κ1) is 17.4. The van der Waals surface area contributed by atoms with Gasteiger partial charge >= 0.3 is 12.1 Å². The topological polar surface area (TPSA) is 35.5 Å². The van der Waals surface area contributed by atoms with Gasteiger partial charge in [0.2, 0.25) is 5.60 Å². The molecule has 0 amide bonds. The minimum absolute atomic E-state index is 0.0151. The van der Waals surface area contributed by atoms with Crippen molar-refractivity contribution in [2.75, 3.05) is 0 Å². The number of rotatable bonds is 2. The Morgan fingerprint density at radius 3 is 2.22 bits per heavy atom. The molecule has 6 heteroatoms. The molecule has 0 saturated carbocycles. The third-order valence-corrected chi connectivity index (χ3v) is 3.61. The molecular formula is C17H19F3O3. The van der Waals surface area contributed by atoms with Gasteiger partial charge in [-0.1, -0.05) is 37.3 Å². The summed E-state index contributed by atoms with van der Waals surface area (Å²) in [7, 11) is 0. The molecule has 23 heavy (non-hydrogen) atoms. The molecular weight excluding hydrogens is 309 g/mol. The van der Waals surface area contributed by atoms with Gasteiger partial charge in [0.25, 0.3) is 0 Å². The van der Waals surface area contributed by atoms with Crippen molar-refractivity contribution in [2.45, 2.75) is 45.1 Å². The number of halogens is 3. The van der Waals surface area contributed by atoms with Gasteiger partial charge in [-0.25, -0.2) is 4.79 Å². The summed E-state index contributed by atoms with van der Waals surface area (Å²) in [4.78, 5) is 11.7. The van der Waals surface area contributed by atoms with Gasteiger partial charge in [-0.3, -0.25) is 0 Å². The Hall–Kier alpha value is -1.98. The molecule has 0 spiro atoms. The summed E-state index contributed by atoms with van der Waals surface area (Å²) in [5.74, 6) is -1.76. The quantitative estimate of drug-likeness (QED) is 0.598. The van der Waals surface area contributed by atoms with Crippen molar-refractivity contribution in [1.29, 1.82) is 0 Å². The van der Waals surface area contributed by atoms with Gasteiger partial charge in [0, 0.05) is 5.56 Å². The highest BCUT2D eigenvalue weighted by Gasteiger charge is 2.69. The molecule has 0 radical (unpaired) electrons. The van der Waals surface area contributed by atoms with Gasteiger partial charge in [-0.15, -0.1) is 0 Å². The third-order valence-electron chi connectivity index (χ3n) is 3.61. The Balaban J connectivity index is 2.29. The Morgan fingerprint density at radius 2 is 1.78 bits per heavy atom. The Labute approximate surface area is 133 Å². The van der Waals surface area contributed by atoms with Gasteiger partial charge in [0.05, 0.1) is 12.0 Å². The number of carbonyl (C=O) groups is 1. The van der Waals surface area contributed by atoms with Crippen molar-refractivity contribution in [2.24, 2.45) is 5.92 Å². The van der Waals surface area contributed by atoms with E-state index in [9.17, 15) is 18.0 Å². The summed E-state index contributed by atoms with van der Waals surface area (Å²) in [6.45, 7) is 6.43. The second-order valence-electron chi connectivity index (χ2n) is 6.50. The lowest BCUT2D eigenvalue weighted by Gasteiger charge is -2.50. The van der Waals surface area contributed by atoms with Crippen LogP contribution in [0.4, 0.5) is 13.2 Å². The van der Waals surface area contributed by atoms with E-state index >= 15 is 0 Å². The van der Waals surface area contributed by atoms with Crippen LogP contribution >= 0.6 is 0 Å². The fraction of sp³-hybridized carbons (Fsp3) is 0.471. The summed E-state index contributed by atoms with van der Waals surface area (Å²) in [5.41, 5.74) is -3.13. The number of hydrogen-bond donors (Lipinski definition) is 0. The lowest BCUT2D eigenvalue weighted by atomic mass is 9.75. The van der Waals surface area contributed by atoms with Crippen LogP contribution in [0.1, 0.15) is 33.3 Å². The van der Waals surface area contributed by atoms with E-state index in [1.54, 1.807) is 26.8 Å². The normalized spacial score (nSPS) is 26.4. The highest BCUT2D eigenvalue weighted by molar-refractivity contribution is 5.83. The maximum absolute atomic E-state index is 13.6. The fourth-order valence-corrected chi connectivity index (χ4v) is 2.57. The number of esters is 1. The van der Waals surface area contributed by atoms with E-state index in [4.69, 9.17) is 9.47 Å².